The molecule has 7 rings (SSSR count). The Morgan fingerprint density at radius 1 is 0.488 bits per heavy atom. The summed E-state index contributed by atoms with van der Waals surface area (Å²) in [6, 6.07) is 40.3. The number of fused-ring (bicyclic) bond motifs is 3. The van der Waals surface area contributed by atoms with E-state index in [1.165, 1.54) is 71.2 Å². The van der Waals surface area contributed by atoms with Crippen LogP contribution in [0.4, 0.5) is 0 Å². The Kier molecular flexibility index (Phi) is 8.05. The molecule has 2 aromatic heterocycles. The Labute approximate surface area is 289 Å². The Morgan fingerprint density at radius 3 is 1.33 bits per heavy atom. The minimum Gasteiger partial charge on any atom is -0.136 e. The van der Waals surface area contributed by atoms with Gasteiger partial charge in [-0.25, -0.2) is 0 Å². The van der Waals surface area contributed by atoms with Crippen molar-refractivity contribution in [3.05, 3.63) is 148 Å². The van der Waals surface area contributed by atoms with Gasteiger partial charge < -0.3 is 0 Å². The molecule has 0 atom stereocenters. The first kappa shape index (κ1) is 29.0. The smallest absolute Gasteiger partial charge is 0.0349 e. The summed E-state index contributed by atoms with van der Waals surface area (Å²) in [5.41, 5.74) is 10.5. The van der Waals surface area contributed by atoms with Crippen molar-refractivity contribution in [2.45, 2.75) is 19.3 Å². The Hall–Kier alpha value is -2.78. The fourth-order valence-corrected chi connectivity index (χ4v) is 8.28. The van der Waals surface area contributed by atoms with E-state index in [9.17, 15) is 0 Å². The average molecular weight is 815 g/mol. The summed E-state index contributed by atoms with van der Waals surface area (Å²) in [5.74, 6) is 0. The van der Waals surface area contributed by atoms with Gasteiger partial charge in [0, 0.05) is 32.1 Å². The highest BCUT2D eigenvalue weighted by Crippen LogP contribution is 2.51. The lowest BCUT2D eigenvalue weighted by Gasteiger charge is -2.22. The second-order valence-electron chi connectivity index (χ2n) is 11.3. The minimum absolute atomic E-state index is 0.0632. The van der Waals surface area contributed by atoms with Crippen LogP contribution in [-0.4, -0.2) is 0 Å². The quantitative estimate of drug-likeness (QED) is 0.147. The summed E-state index contributed by atoms with van der Waals surface area (Å²) in [7, 11) is 0. The van der Waals surface area contributed by atoms with E-state index in [2.05, 4.69) is 193 Å². The second-order valence-corrected chi connectivity index (χ2v) is 16.0. The maximum absolute atomic E-state index is 2.42. The molecular formula is C39H28I2S2. The van der Waals surface area contributed by atoms with Gasteiger partial charge in [-0.2, -0.15) is 0 Å². The van der Waals surface area contributed by atoms with Crippen LogP contribution >= 0.6 is 67.9 Å². The Bertz CT molecular complexity index is 1860. The standard InChI is InChI=1S/C39H28I2S2/c1-39(2)35-23-27(37-21-17-31(42-37)15-7-25-3-11-29(40)12-4-25)9-19-33(35)34-20-10-28(24-36(34)39)38-22-18-32(43-38)16-8-26-5-13-30(41)14-6-26/h3-24H,1-2H3/b15-7+,16-8+. The van der Waals surface area contributed by atoms with Gasteiger partial charge in [0.05, 0.1) is 0 Å². The molecule has 1 aliphatic carbocycles. The molecule has 0 spiro atoms. The SMILES string of the molecule is CC1(C)c2cc(-c3ccc(/C=C/c4ccc(I)cc4)s3)ccc2-c2ccc(-c3ccc(/C=C/c4ccc(I)cc4)s3)cc21. The van der Waals surface area contributed by atoms with Gasteiger partial charge in [0.25, 0.3) is 0 Å². The minimum atomic E-state index is -0.0632. The van der Waals surface area contributed by atoms with Crippen LogP contribution in [0.1, 0.15) is 45.9 Å². The zero-order valence-electron chi connectivity index (χ0n) is 23.8. The van der Waals surface area contributed by atoms with Crippen LogP contribution in [0.15, 0.2) is 109 Å². The molecular weight excluding hydrogens is 786 g/mol. The predicted octanol–water partition coefficient (Wildman–Crippen LogP) is 13.0. The van der Waals surface area contributed by atoms with Crippen molar-refractivity contribution in [1.29, 1.82) is 0 Å². The molecule has 0 bridgehead atoms. The summed E-state index contributed by atoms with van der Waals surface area (Å²) >= 11 is 8.39. The number of benzene rings is 4. The molecule has 0 fully saturated rings. The normalized spacial score (nSPS) is 13.6. The number of hydrogen-bond acceptors (Lipinski definition) is 2. The highest BCUT2D eigenvalue weighted by Gasteiger charge is 2.36. The van der Waals surface area contributed by atoms with Crippen LogP contribution in [0.25, 0.3) is 56.3 Å². The molecule has 0 saturated heterocycles. The van der Waals surface area contributed by atoms with E-state index in [4.69, 9.17) is 0 Å². The van der Waals surface area contributed by atoms with Crippen molar-refractivity contribution in [1.82, 2.24) is 0 Å². The van der Waals surface area contributed by atoms with Gasteiger partial charge in [0.15, 0.2) is 0 Å². The predicted molar refractivity (Wildman–Crippen MR) is 207 cm³/mol. The van der Waals surface area contributed by atoms with Crippen molar-refractivity contribution >= 4 is 92.2 Å². The highest BCUT2D eigenvalue weighted by atomic mass is 127. The van der Waals surface area contributed by atoms with E-state index in [-0.39, 0.29) is 5.41 Å². The summed E-state index contributed by atoms with van der Waals surface area (Å²) in [4.78, 5) is 5.15. The molecule has 1 aliphatic rings. The summed E-state index contributed by atoms with van der Waals surface area (Å²) in [6.07, 6.45) is 8.84. The first-order valence-corrected chi connectivity index (χ1v) is 18.0. The van der Waals surface area contributed by atoms with E-state index in [1.807, 2.05) is 22.7 Å². The number of halogens is 2. The van der Waals surface area contributed by atoms with E-state index in [0.717, 1.165) is 0 Å². The molecule has 0 amide bonds. The van der Waals surface area contributed by atoms with Crippen LogP contribution in [0.5, 0.6) is 0 Å². The monoisotopic (exact) mass is 814 g/mol. The lowest BCUT2D eigenvalue weighted by Crippen LogP contribution is -2.15. The molecule has 210 valence electrons. The van der Waals surface area contributed by atoms with Gasteiger partial charge in [0.1, 0.15) is 0 Å². The third-order valence-corrected chi connectivity index (χ3v) is 11.8. The second kappa shape index (κ2) is 12.0. The Balaban J connectivity index is 1.13. The van der Waals surface area contributed by atoms with Gasteiger partial charge >= 0.3 is 0 Å². The van der Waals surface area contributed by atoms with E-state index in [0.29, 0.717) is 0 Å². The summed E-state index contributed by atoms with van der Waals surface area (Å²) in [5, 5.41) is 0. The van der Waals surface area contributed by atoms with E-state index >= 15 is 0 Å². The molecule has 0 N–H and O–H groups in total. The van der Waals surface area contributed by atoms with Crippen LogP contribution < -0.4 is 0 Å². The van der Waals surface area contributed by atoms with Gasteiger partial charge in [0.2, 0.25) is 0 Å². The molecule has 4 aromatic carbocycles. The largest absolute Gasteiger partial charge is 0.136 e. The zero-order valence-corrected chi connectivity index (χ0v) is 29.7. The number of hydrogen-bond donors (Lipinski definition) is 0. The van der Waals surface area contributed by atoms with Crippen LogP contribution in [0, 0.1) is 7.14 Å². The molecule has 4 heteroatoms. The van der Waals surface area contributed by atoms with Crippen LogP contribution in [0.3, 0.4) is 0 Å². The number of rotatable bonds is 6. The molecule has 0 aliphatic heterocycles. The third kappa shape index (κ3) is 5.99. The van der Waals surface area contributed by atoms with Gasteiger partial charge in [-0.15, -0.1) is 22.7 Å². The first-order valence-electron chi connectivity index (χ1n) is 14.2. The van der Waals surface area contributed by atoms with Crippen molar-refractivity contribution in [3.8, 4) is 32.0 Å². The van der Waals surface area contributed by atoms with Crippen molar-refractivity contribution in [2.24, 2.45) is 0 Å². The number of thiophene rings is 2. The van der Waals surface area contributed by atoms with Crippen molar-refractivity contribution in [2.75, 3.05) is 0 Å². The van der Waals surface area contributed by atoms with E-state index < -0.39 is 0 Å². The molecule has 0 unspecified atom stereocenters. The molecule has 0 saturated carbocycles. The lowest BCUT2D eigenvalue weighted by molar-refractivity contribution is 0.661. The fraction of sp³-hybridized carbons (Fsp3) is 0.0769. The maximum atomic E-state index is 2.42. The maximum Gasteiger partial charge on any atom is 0.0349 e. The van der Waals surface area contributed by atoms with Gasteiger partial charge in [-0.1, -0.05) is 74.5 Å². The zero-order chi connectivity index (χ0) is 29.6. The Morgan fingerprint density at radius 2 is 0.907 bits per heavy atom. The lowest BCUT2D eigenvalue weighted by atomic mass is 9.81. The molecule has 0 nitrogen and oxygen atoms in total. The highest BCUT2D eigenvalue weighted by molar-refractivity contribution is 14.1. The third-order valence-electron chi connectivity index (χ3n) is 8.12. The van der Waals surface area contributed by atoms with Crippen molar-refractivity contribution < 1.29 is 0 Å². The fourth-order valence-electron chi connectivity index (χ4n) is 5.74. The average Bonchev–Trinajstić information content (AvgIpc) is 3.74. The molecule has 0 radical (unpaired) electrons. The summed E-state index contributed by atoms with van der Waals surface area (Å²) in [6.45, 7) is 4.75. The van der Waals surface area contributed by atoms with Crippen LogP contribution in [0.2, 0.25) is 0 Å². The molecule has 6 aromatic rings. The van der Waals surface area contributed by atoms with Crippen LogP contribution in [-0.2, 0) is 5.41 Å². The topological polar surface area (TPSA) is 0 Å². The molecule has 2 heterocycles. The van der Waals surface area contributed by atoms with Crippen molar-refractivity contribution in [3.63, 3.8) is 0 Å². The first-order chi connectivity index (χ1) is 20.8. The summed E-state index contributed by atoms with van der Waals surface area (Å²) < 4.78 is 2.52. The molecule has 43 heavy (non-hydrogen) atoms. The van der Waals surface area contributed by atoms with E-state index in [1.54, 1.807) is 0 Å². The van der Waals surface area contributed by atoms with Gasteiger partial charge in [-0.05, 0) is 163 Å². The van der Waals surface area contributed by atoms with Gasteiger partial charge in [-0.3, -0.25) is 0 Å².